The quantitative estimate of drug-likeness (QED) is 0.530. The Hall–Kier alpha value is -3.80. The van der Waals surface area contributed by atoms with Crippen molar-refractivity contribution in [3.05, 3.63) is 72.6 Å². The molecule has 0 aliphatic heterocycles. The van der Waals surface area contributed by atoms with Crippen LogP contribution in [0.25, 0.3) is 33.2 Å². The molecule has 4 aromatic rings. The van der Waals surface area contributed by atoms with Crippen molar-refractivity contribution in [3.63, 3.8) is 0 Å². The molecule has 0 saturated heterocycles. The Balaban J connectivity index is 1.90. The van der Waals surface area contributed by atoms with Crippen LogP contribution < -0.4 is 5.73 Å². The van der Waals surface area contributed by atoms with Crippen LogP contribution in [0.5, 0.6) is 0 Å². The minimum absolute atomic E-state index is 0.0387. The predicted molar refractivity (Wildman–Crippen MR) is 120 cm³/mol. The summed E-state index contributed by atoms with van der Waals surface area (Å²) in [5.41, 5.74) is 10.4. The summed E-state index contributed by atoms with van der Waals surface area (Å²) in [6, 6.07) is 18.6. The molecule has 7 nitrogen and oxygen atoms in total. The Labute approximate surface area is 180 Å². The van der Waals surface area contributed by atoms with Crippen LogP contribution in [0.15, 0.2) is 71.9 Å². The molecule has 0 aliphatic carbocycles. The lowest BCUT2D eigenvalue weighted by molar-refractivity contribution is 0.521. The van der Waals surface area contributed by atoms with Crippen molar-refractivity contribution in [3.8, 4) is 28.3 Å². The molecule has 31 heavy (non-hydrogen) atoms. The lowest BCUT2D eigenvalue weighted by Gasteiger charge is -2.14. The van der Waals surface area contributed by atoms with Crippen LogP contribution in [0.2, 0.25) is 0 Å². The molecule has 2 aromatic heterocycles. The van der Waals surface area contributed by atoms with Crippen molar-refractivity contribution in [1.82, 2.24) is 14.3 Å². The summed E-state index contributed by atoms with van der Waals surface area (Å²) in [5, 5.41) is 10.1. The van der Waals surface area contributed by atoms with Gasteiger partial charge in [-0.05, 0) is 53.1 Å². The van der Waals surface area contributed by atoms with E-state index in [4.69, 9.17) is 5.73 Å². The molecule has 154 valence electrons. The predicted octanol–water partition coefficient (Wildman–Crippen LogP) is 3.67. The summed E-state index contributed by atoms with van der Waals surface area (Å²) in [6.07, 6.45) is 3.28. The molecule has 0 spiro atoms. The lowest BCUT2D eigenvalue weighted by atomic mass is 9.97. The molecule has 0 amide bonds. The average Bonchev–Trinajstić information content (AvgIpc) is 2.78. The average molecular weight is 430 g/mol. The Morgan fingerprint density at radius 2 is 1.77 bits per heavy atom. The van der Waals surface area contributed by atoms with E-state index in [1.165, 1.54) is 20.2 Å². The fraction of sp³-hybridized carbons (Fsp3) is 0.0870. The number of hydrogen-bond donors (Lipinski definition) is 1. The highest BCUT2D eigenvalue weighted by atomic mass is 32.2. The standard InChI is InChI=1S/C23H19N5O2S/c1-28(2)31(29,30)22-12-18(14-27-23(22)25)16-6-7-21-20(11-16)19(8-9-26-21)17-5-3-4-15(10-17)13-24/h3-12,14H,1-2H3,(H2,25,27). The first-order valence-electron chi connectivity index (χ1n) is 9.39. The number of nitrogens with two attached hydrogens (primary N) is 1. The van der Waals surface area contributed by atoms with Gasteiger partial charge in [0, 0.05) is 37.4 Å². The second kappa shape index (κ2) is 7.80. The fourth-order valence-electron chi connectivity index (χ4n) is 3.35. The summed E-state index contributed by atoms with van der Waals surface area (Å²) in [6.45, 7) is 0. The second-order valence-electron chi connectivity index (χ2n) is 7.18. The van der Waals surface area contributed by atoms with Crippen LogP contribution in [0.1, 0.15) is 5.56 Å². The monoisotopic (exact) mass is 429 g/mol. The topological polar surface area (TPSA) is 113 Å². The number of hydrogen-bond acceptors (Lipinski definition) is 6. The van der Waals surface area contributed by atoms with Crippen molar-refractivity contribution in [2.24, 2.45) is 0 Å². The van der Waals surface area contributed by atoms with E-state index in [9.17, 15) is 13.7 Å². The van der Waals surface area contributed by atoms with Crippen LogP contribution >= 0.6 is 0 Å². The lowest BCUT2D eigenvalue weighted by Crippen LogP contribution is -2.23. The van der Waals surface area contributed by atoms with Gasteiger partial charge in [-0.15, -0.1) is 0 Å². The van der Waals surface area contributed by atoms with Crippen LogP contribution in [0.3, 0.4) is 0 Å². The Morgan fingerprint density at radius 3 is 2.52 bits per heavy atom. The number of nitrogens with zero attached hydrogens (tertiary/aromatic N) is 4. The number of sulfonamides is 1. The SMILES string of the molecule is CN(C)S(=O)(=O)c1cc(-c2ccc3nccc(-c4cccc(C#N)c4)c3c2)cnc1N. The Bertz CT molecular complexity index is 1460. The highest BCUT2D eigenvalue weighted by Crippen LogP contribution is 2.33. The van der Waals surface area contributed by atoms with E-state index in [1.54, 1.807) is 18.5 Å². The van der Waals surface area contributed by atoms with Crippen molar-refractivity contribution >= 4 is 26.7 Å². The van der Waals surface area contributed by atoms with Gasteiger partial charge in [-0.2, -0.15) is 5.26 Å². The molecule has 2 N–H and O–H groups in total. The maximum Gasteiger partial charge on any atom is 0.246 e. The molecule has 0 aliphatic rings. The molecule has 2 heterocycles. The molecule has 2 aromatic carbocycles. The summed E-state index contributed by atoms with van der Waals surface area (Å²) in [7, 11) is -0.838. The van der Waals surface area contributed by atoms with E-state index < -0.39 is 10.0 Å². The number of benzene rings is 2. The minimum Gasteiger partial charge on any atom is -0.383 e. The number of rotatable bonds is 4. The van der Waals surface area contributed by atoms with Gasteiger partial charge in [0.25, 0.3) is 0 Å². The first-order chi connectivity index (χ1) is 14.8. The van der Waals surface area contributed by atoms with Crippen molar-refractivity contribution in [2.45, 2.75) is 4.90 Å². The molecule has 0 atom stereocenters. The van der Waals surface area contributed by atoms with Gasteiger partial charge in [0.15, 0.2) is 0 Å². The zero-order valence-electron chi connectivity index (χ0n) is 16.9. The molecule has 0 bridgehead atoms. The highest BCUT2D eigenvalue weighted by Gasteiger charge is 2.22. The third-order valence-electron chi connectivity index (χ3n) is 5.02. The van der Waals surface area contributed by atoms with Crippen molar-refractivity contribution in [2.75, 3.05) is 19.8 Å². The van der Waals surface area contributed by atoms with Gasteiger partial charge in [-0.3, -0.25) is 4.98 Å². The largest absolute Gasteiger partial charge is 0.383 e. The first-order valence-corrected chi connectivity index (χ1v) is 10.8. The van der Waals surface area contributed by atoms with Gasteiger partial charge < -0.3 is 5.73 Å². The van der Waals surface area contributed by atoms with E-state index in [0.717, 1.165) is 31.9 Å². The smallest absolute Gasteiger partial charge is 0.246 e. The molecule has 0 radical (unpaired) electrons. The number of nitriles is 1. The summed E-state index contributed by atoms with van der Waals surface area (Å²) < 4.78 is 26.3. The third kappa shape index (κ3) is 3.72. The molecule has 0 saturated carbocycles. The van der Waals surface area contributed by atoms with E-state index in [0.29, 0.717) is 11.1 Å². The zero-order chi connectivity index (χ0) is 22.2. The fourth-order valence-corrected chi connectivity index (χ4v) is 4.34. The summed E-state index contributed by atoms with van der Waals surface area (Å²) >= 11 is 0. The van der Waals surface area contributed by atoms with Gasteiger partial charge in [0.2, 0.25) is 10.0 Å². The van der Waals surface area contributed by atoms with E-state index >= 15 is 0 Å². The summed E-state index contributed by atoms with van der Waals surface area (Å²) in [4.78, 5) is 8.50. The van der Waals surface area contributed by atoms with Gasteiger partial charge in [0.05, 0.1) is 17.1 Å². The van der Waals surface area contributed by atoms with Gasteiger partial charge in [-0.25, -0.2) is 17.7 Å². The van der Waals surface area contributed by atoms with E-state index in [1.807, 2.05) is 42.5 Å². The Morgan fingerprint density at radius 1 is 0.968 bits per heavy atom. The Kier molecular flexibility index (Phi) is 5.15. The first kappa shape index (κ1) is 20.5. The molecule has 0 fully saturated rings. The van der Waals surface area contributed by atoms with Crippen LogP contribution in [0.4, 0.5) is 5.82 Å². The highest BCUT2D eigenvalue weighted by molar-refractivity contribution is 7.89. The maximum atomic E-state index is 12.6. The molecular weight excluding hydrogens is 410 g/mol. The number of pyridine rings is 2. The number of nitrogen functional groups attached to an aromatic ring is 1. The second-order valence-corrected chi connectivity index (χ2v) is 9.30. The number of anilines is 1. The van der Waals surface area contributed by atoms with Gasteiger partial charge >= 0.3 is 0 Å². The van der Waals surface area contributed by atoms with Gasteiger partial charge in [-0.1, -0.05) is 18.2 Å². The molecular formula is C23H19N5O2S. The van der Waals surface area contributed by atoms with Gasteiger partial charge in [0.1, 0.15) is 10.7 Å². The van der Waals surface area contributed by atoms with Crippen LogP contribution in [-0.2, 0) is 10.0 Å². The zero-order valence-corrected chi connectivity index (χ0v) is 17.8. The molecule has 0 unspecified atom stereocenters. The normalized spacial score (nSPS) is 11.5. The number of aromatic nitrogens is 2. The van der Waals surface area contributed by atoms with E-state index in [2.05, 4.69) is 16.0 Å². The summed E-state index contributed by atoms with van der Waals surface area (Å²) in [5.74, 6) is -0.0473. The van der Waals surface area contributed by atoms with Crippen LogP contribution in [-0.4, -0.2) is 36.8 Å². The molecule has 8 heteroatoms. The van der Waals surface area contributed by atoms with E-state index in [-0.39, 0.29) is 10.7 Å². The molecule has 4 rings (SSSR count). The third-order valence-corrected chi connectivity index (χ3v) is 6.86. The maximum absolute atomic E-state index is 12.6. The van der Waals surface area contributed by atoms with Crippen molar-refractivity contribution in [1.29, 1.82) is 5.26 Å². The number of fused-ring (bicyclic) bond motifs is 1. The van der Waals surface area contributed by atoms with Crippen molar-refractivity contribution < 1.29 is 8.42 Å². The minimum atomic E-state index is -3.74. The van der Waals surface area contributed by atoms with Crippen LogP contribution in [0, 0.1) is 11.3 Å².